The van der Waals surface area contributed by atoms with Gasteiger partial charge in [-0.25, -0.2) is 0 Å². The predicted octanol–water partition coefficient (Wildman–Crippen LogP) is -5.78. The molecule has 0 aromatic carbocycles. The van der Waals surface area contributed by atoms with Gasteiger partial charge in [0.2, 0.25) is 0 Å². The van der Waals surface area contributed by atoms with Gasteiger partial charge in [0.05, 0.1) is 0 Å². The van der Waals surface area contributed by atoms with Gasteiger partial charge < -0.3 is 51.8 Å². The van der Waals surface area contributed by atoms with Gasteiger partial charge in [-0.3, -0.25) is 0 Å². The van der Waals surface area contributed by atoms with Crippen LogP contribution in [0.1, 0.15) is 0 Å². The molecule has 0 fully saturated rings. The molecule has 7 nitrogen and oxygen atoms in total. The standard InChI is InChI=1S/Co.7H2O.S/h;7*1H2;/q+2;;;;;;;;-2. The Hall–Kier alpha value is 0.576. The summed E-state index contributed by atoms with van der Waals surface area (Å²) < 4.78 is 0. The van der Waals surface area contributed by atoms with E-state index in [0.717, 1.165) is 0 Å². The molecule has 71 valence electrons. The van der Waals surface area contributed by atoms with E-state index in [1.54, 1.807) is 0 Å². The van der Waals surface area contributed by atoms with Crippen molar-refractivity contribution in [2.24, 2.45) is 0 Å². The Bertz CT molecular complexity index is 8.88. The van der Waals surface area contributed by atoms with Gasteiger partial charge in [-0.1, -0.05) is 0 Å². The van der Waals surface area contributed by atoms with Crippen molar-refractivity contribution in [3.63, 3.8) is 0 Å². The fourth-order valence-electron chi connectivity index (χ4n) is 0. The second-order valence-corrected chi connectivity index (χ2v) is 0. The molecule has 0 spiro atoms. The molecule has 0 saturated heterocycles. The summed E-state index contributed by atoms with van der Waals surface area (Å²) in [7, 11) is 0. The molecule has 9 heteroatoms. The summed E-state index contributed by atoms with van der Waals surface area (Å²) in [6.45, 7) is 0. The van der Waals surface area contributed by atoms with Crippen LogP contribution in [0.3, 0.4) is 0 Å². The van der Waals surface area contributed by atoms with Crippen LogP contribution in [0.5, 0.6) is 0 Å². The van der Waals surface area contributed by atoms with E-state index in [4.69, 9.17) is 0 Å². The quantitative estimate of drug-likeness (QED) is 0.369. The minimum Gasteiger partial charge on any atom is -2.00 e. The minimum absolute atomic E-state index is 0. The van der Waals surface area contributed by atoms with Crippen molar-refractivity contribution in [1.29, 1.82) is 0 Å². The van der Waals surface area contributed by atoms with Crippen molar-refractivity contribution in [1.82, 2.24) is 0 Å². The smallest absolute Gasteiger partial charge is 2.00 e. The zero-order chi connectivity index (χ0) is 0. The first kappa shape index (κ1) is 2120. The van der Waals surface area contributed by atoms with E-state index >= 15 is 0 Å². The molecule has 0 saturated carbocycles. The van der Waals surface area contributed by atoms with Crippen LogP contribution >= 0.6 is 0 Å². The van der Waals surface area contributed by atoms with Gasteiger partial charge in [-0.05, 0) is 0 Å². The van der Waals surface area contributed by atoms with Gasteiger partial charge in [0.25, 0.3) is 0 Å². The van der Waals surface area contributed by atoms with Crippen molar-refractivity contribution >= 4 is 13.5 Å². The third-order valence-corrected chi connectivity index (χ3v) is 0. The second kappa shape index (κ2) is 1480. The Labute approximate surface area is 69.2 Å². The van der Waals surface area contributed by atoms with Crippen molar-refractivity contribution in [2.45, 2.75) is 0 Å². The molecule has 9 heavy (non-hydrogen) atoms. The summed E-state index contributed by atoms with van der Waals surface area (Å²) in [6, 6.07) is 0. The molecule has 0 aliphatic carbocycles. The number of rotatable bonds is 0. The van der Waals surface area contributed by atoms with Crippen LogP contribution in [0.25, 0.3) is 0 Å². The fourth-order valence-corrected chi connectivity index (χ4v) is 0. The molecule has 0 unspecified atom stereocenters. The predicted molar refractivity (Wildman–Crippen MR) is 32.7 cm³/mol. The van der Waals surface area contributed by atoms with Gasteiger partial charge in [0.1, 0.15) is 0 Å². The van der Waals surface area contributed by atoms with Gasteiger partial charge >= 0.3 is 16.8 Å². The molecule has 14 N–H and O–H groups in total. The van der Waals surface area contributed by atoms with Crippen LogP contribution in [0.15, 0.2) is 0 Å². The Morgan fingerprint density at radius 2 is 0.333 bits per heavy atom. The van der Waals surface area contributed by atoms with E-state index in [2.05, 4.69) is 0 Å². The van der Waals surface area contributed by atoms with Crippen LogP contribution in [0, 0.1) is 0 Å². The Morgan fingerprint density at radius 3 is 0.333 bits per heavy atom. The fraction of sp³-hybridized carbons (Fsp3) is 0. The molecular formula is H14CoO7S. The largest absolute Gasteiger partial charge is 2.00 e. The summed E-state index contributed by atoms with van der Waals surface area (Å²) in [6.07, 6.45) is 0. The number of hydrogen-bond donors (Lipinski definition) is 0. The monoisotopic (exact) mass is 217 g/mol. The molecule has 1 radical (unpaired) electrons. The first-order valence-corrected chi connectivity index (χ1v) is 0. The van der Waals surface area contributed by atoms with Crippen LogP contribution in [0.2, 0.25) is 0 Å². The van der Waals surface area contributed by atoms with E-state index in [9.17, 15) is 0 Å². The van der Waals surface area contributed by atoms with E-state index in [0.29, 0.717) is 0 Å². The van der Waals surface area contributed by atoms with Gasteiger partial charge in [-0.2, -0.15) is 0 Å². The molecule has 0 aromatic rings. The molecule has 0 amide bonds. The maximum absolute atomic E-state index is 0. The minimum atomic E-state index is 0. The first-order valence-electron chi connectivity index (χ1n) is 0. The molecule has 0 heterocycles. The molecule has 0 aliphatic heterocycles. The average Bonchev–Trinajstić information content (AvgIpc) is 0. The molecule has 0 atom stereocenters. The van der Waals surface area contributed by atoms with Crippen LogP contribution in [-0.2, 0) is 30.3 Å². The van der Waals surface area contributed by atoms with E-state index in [1.807, 2.05) is 0 Å². The molecule has 0 aromatic heterocycles. The molecule has 0 rings (SSSR count). The van der Waals surface area contributed by atoms with Gasteiger partial charge in [-0.15, -0.1) is 0 Å². The summed E-state index contributed by atoms with van der Waals surface area (Å²) in [5.41, 5.74) is 0. The van der Waals surface area contributed by atoms with Crippen molar-refractivity contribution in [3.05, 3.63) is 0 Å². The van der Waals surface area contributed by atoms with Crippen LogP contribution in [0.4, 0.5) is 0 Å². The Morgan fingerprint density at radius 1 is 0.333 bits per heavy atom. The van der Waals surface area contributed by atoms with Gasteiger partial charge in [0.15, 0.2) is 0 Å². The van der Waals surface area contributed by atoms with E-state index in [1.165, 1.54) is 0 Å². The maximum atomic E-state index is 0. The zero-order valence-electron chi connectivity index (χ0n) is 4.24. The third-order valence-electron chi connectivity index (χ3n) is 0. The topological polar surface area (TPSA) is 220 Å². The summed E-state index contributed by atoms with van der Waals surface area (Å²) in [4.78, 5) is 0. The van der Waals surface area contributed by atoms with Gasteiger partial charge in [0, 0.05) is 0 Å². The van der Waals surface area contributed by atoms with E-state index < -0.39 is 0 Å². The molecule has 0 bridgehead atoms. The summed E-state index contributed by atoms with van der Waals surface area (Å²) in [5.74, 6) is 0. The summed E-state index contributed by atoms with van der Waals surface area (Å²) in [5, 5.41) is 0. The Kier molecular flexibility index (Phi) is 349000. The average molecular weight is 217 g/mol. The SMILES string of the molecule is O.O.O.O.O.O.O.[Co+2].[S-2]. The maximum Gasteiger partial charge on any atom is 2.00 e. The molecular weight excluding hydrogens is 203 g/mol. The molecule has 0 aliphatic rings. The second-order valence-electron chi connectivity index (χ2n) is 0. The normalized spacial score (nSPS) is 0. The number of hydrogen-bond acceptors (Lipinski definition) is 0. The van der Waals surface area contributed by atoms with Crippen molar-refractivity contribution in [2.75, 3.05) is 0 Å². The summed E-state index contributed by atoms with van der Waals surface area (Å²) >= 11 is 0. The first-order chi connectivity index (χ1) is 0. The van der Waals surface area contributed by atoms with Crippen molar-refractivity contribution < 1.29 is 55.1 Å². The van der Waals surface area contributed by atoms with Crippen molar-refractivity contribution in [3.8, 4) is 0 Å². The van der Waals surface area contributed by atoms with Crippen LogP contribution in [-0.4, -0.2) is 38.3 Å². The van der Waals surface area contributed by atoms with Crippen LogP contribution < -0.4 is 0 Å². The van der Waals surface area contributed by atoms with E-state index in [-0.39, 0.29) is 68.6 Å². The Balaban J connectivity index is 0. The third kappa shape index (κ3) is 1120. The zero-order valence-corrected chi connectivity index (χ0v) is 6.10.